The Kier molecular flexibility index (Phi) is 3.00. The Bertz CT molecular complexity index is 476. The zero-order valence-electron chi connectivity index (χ0n) is 9.18. The molecule has 3 N–H and O–H groups in total. The van der Waals surface area contributed by atoms with Crippen LogP contribution in [-0.2, 0) is 23.6 Å². The first-order valence-electron chi connectivity index (χ1n) is 5.25. The van der Waals surface area contributed by atoms with Crippen LogP contribution in [0.4, 0.5) is 0 Å². The third kappa shape index (κ3) is 2.26. The molecule has 0 aliphatic heterocycles. The van der Waals surface area contributed by atoms with E-state index in [-0.39, 0.29) is 5.03 Å². The number of nitrogens with two attached hydrogens (primary N) is 1. The van der Waals surface area contributed by atoms with Crippen LogP contribution in [0.15, 0.2) is 11.2 Å². The van der Waals surface area contributed by atoms with Gasteiger partial charge in [0.1, 0.15) is 0 Å². The molecule has 2 rings (SSSR count). The first-order chi connectivity index (χ1) is 7.48. The second-order valence-electron chi connectivity index (χ2n) is 4.15. The number of nitrogens with zero attached hydrogens (tertiary/aromatic N) is 2. The summed E-state index contributed by atoms with van der Waals surface area (Å²) >= 11 is 0. The third-order valence-corrected chi connectivity index (χ3v) is 3.98. The van der Waals surface area contributed by atoms with Crippen molar-refractivity contribution in [1.29, 1.82) is 0 Å². The molecule has 1 fully saturated rings. The van der Waals surface area contributed by atoms with Gasteiger partial charge in [0.05, 0.1) is 6.20 Å². The van der Waals surface area contributed by atoms with E-state index in [2.05, 4.69) is 10.4 Å². The summed E-state index contributed by atoms with van der Waals surface area (Å²) in [6, 6.07) is 0.508. The minimum absolute atomic E-state index is 0.0966. The monoisotopic (exact) mass is 244 g/mol. The molecule has 0 saturated heterocycles. The molecule has 1 aromatic heterocycles. The fourth-order valence-electron chi connectivity index (χ4n) is 1.83. The predicted molar refractivity (Wildman–Crippen MR) is 59.1 cm³/mol. The summed E-state index contributed by atoms with van der Waals surface area (Å²) in [5, 5.41) is 12.4. The van der Waals surface area contributed by atoms with Crippen LogP contribution in [0.1, 0.15) is 24.8 Å². The molecule has 0 atom stereocenters. The van der Waals surface area contributed by atoms with Crippen molar-refractivity contribution in [3.8, 4) is 0 Å². The summed E-state index contributed by atoms with van der Waals surface area (Å²) in [7, 11) is -2.12. The van der Waals surface area contributed by atoms with Gasteiger partial charge in [-0.05, 0) is 12.8 Å². The van der Waals surface area contributed by atoms with E-state index in [0.29, 0.717) is 18.2 Å². The maximum absolute atomic E-state index is 11.4. The van der Waals surface area contributed by atoms with E-state index < -0.39 is 10.0 Å². The van der Waals surface area contributed by atoms with Gasteiger partial charge in [-0.3, -0.25) is 4.68 Å². The third-order valence-electron chi connectivity index (χ3n) is 2.91. The average Bonchev–Trinajstić information content (AvgIpc) is 2.43. The average molecular weight is 244 g/mol. The SMILES string of the molecule is Cn1ncc(CNC2CCC2)c1S(N)(=O)=O. The van der Waals surface area contributed by atoms with Crippen LogP contribution in [0.5, 0.6) is 0 Å². The minimum Gasteiger partial charge on any atom is -0.310 e. The molecule has 1 aromatic rings. The summed E-state index contributed by atoms with van der Waals surface area (Å²) in [6.07, 6.45) is 5.11. The zero-order valence-corrected chi connectivity index (χ0v) is 10.00. The van der Waals surface area contributed by atoms with Crippen LogP contribution < -0.4 is 10.5 Å². The molecule has 90 valence electrons. The molecular weight excluding hydrogens is 228 g/mol. The quantitative estimate of drug-likeness (QED) is 0.761. The standard InChI is InChI=1S/C9H16N4O2S/c1-13-9(16(10,14)15)7(6-12-13)5-11-8-3-2-4-8/h6,8,11H,2-5H2,1H3,(H2,10,14,15). The second kappa shape index (κ2) is 4.15. The van der Waals surface area contributed by atoms with Crippen LogP contribution in [0.2, 0.25) is 0 Å². The highest BCUT2D eigenvalue weighted by molar-refractivity contribution is 7.89. The van der Waals surface area contributed by atoms with Crippen LogP contribution in [-0.4, -0.2) is 24.2 Å². The number of nitrogens with one attached hydrogen (secondary N) is 1. The number of aryl methyl sites for hydroxylation is 1. The van der Waals surface area contributed by atoms with E-state index in [9.17, 15) is 8.42 Å². The first kappa shape index (κ1) is 11.6. The number of aromatic nitrogens is 2. The van der Waals surface area contributed by atoms with Gasteiger partial charge in [-0.25, -0.2) is 13.6 Å². The molecule has 1 aliphatic rings. The molecular formula is C9H16N4O2S. The smallest absolute Gasteiger partial charge is 0.255 e. The van der Waals surface area contributed by atoms with Crippen molar-refractivity contribution < 1.29 is 8.42 Å². The molecule has 16 heavy (non-hydrogen) atoms. The minimum atomic E-state index is -3.70. The van der Waals surface area contributed by atoms with Crippen LogP contribution >= 0.6 is 0 Å². The van der Waals surface area contributed by atoms with E-state index in [0.717, 1.165) is 12.8 Å². The van der Waals surface area contributed by atoms with Crippen molar-refractivity contribution in [2.24, 2.45) is 12.2 Å². The topological polar surface area (TPSA) is 90.0 Å². The maximum Gasteiger partial charge on any atom is 0.255 e. The van der Waals surface area contributed by atoms with E-state index in [1.165, 1.54) is 11.1 Å². The van der Waals surface area contributed by atoms with Crippen LogP contribution in [0.3, 0.4) is 0 Å². The van der Waals surface area contributed by atoms with Gasteiger partial charge in [0.2, 0.25) is 0 Å². The van der Waals surface area contributed by atoms with Crippen molar-refractivity contribution >= 4 is 10.0 Å². The Morgan fingerprint density at radius 1 is 1.62 bits per heavy atom. The Labute approximate surface area is 94.9 Å². The van der Waals surface area contributed by atoms with E-state index in [1.54, 1.807) is 13.2 Å². The fourth-order valence-corrected chi connectivity index (χ4v) is 2.73. The van der Waals surface area contributed by atoms with Crippen LogP contribution in [0.25, 0.3) is 0 Å². The Morgan fingerprint density at radius 3 is 2.81 bits per heavy atom. The second-order valence-corrected chi connectivity index (χ2v) is 5.63. The highest BCUT2D eigenvalue weighted by Crippen LogP contribution is 2.19. The summed E-state index contributed by atoms with van der Waals surface area (Å²) < 4.78 is 24.0. The molecule has 1 saturated carbocycles. The number of hydrogen-bond acceptors (Lipinski definition) is 4. The lowest BCUT2D eigenvalue weighted by Gasteiger charge is -2.26. The Balaban J connectivity index is 2.14. The highest BCUT2D eigenvalue weighted by atomic mass is 32.2. The van der Waals surface area contributed by atoms with Gasteiger partial charge in [-0.15, -0.1) is 0 Å². The van der Waals surface area contributed by atoms with Crippen LogP contribution in [0, 0.1) is 0 Å². The largest absolute Gasteiger partial charge is 0.310 e. The van der Waals surface area contributed by atoms with Gasteiger partial charge in [-0.2, -0.15) is 5.10 Å². The van der Waals surface area contributed by atoms with Crippen molar-refractivity contribution in [3.63, 3.8) is 0 Å². The lowest BCUT2D eigenvalue weighted by atomic mass is 9.93. The van der Waals surface area contributed by atoms with Gasteiger partial charge < -0.3 is 5.32 Å². The first-order valence-corrected chi connectivity index (χ1v) is 6.80. The number of hydrogen-bond donors (Lipinski definition) is 2. The molecule has 1 aliphatic carbocycles. The molecule has 0 spiro atoms. The highest BCUT2D eigenvalue weighted by Gasteiger charge is 2.21. The number of rotatable bonds is 4. The van der Waals surface area contributed by atoms with Gasteiger partial charge in [-0.1, -0.05) is 6.42 Å². The molecule has 0 amide bonds. The van der Waals surface area contributed by atoms with Gasteiger partial charge in [0.15, 0.2) is 5.03 Å². The van der Waals surface area contributed by atoms with E-state index >= 15 is 0 Å². The Morgan fingerprint density at radius 2 is 2.31 bits per heavy atom. The molecule has 0 unspecified atom stereocenters. The van der Waals surface area contributed by atoms with Gasteiger partial charge in [0.25, 0.3) is 10.0 Å². The fraction of sp³-hybridized carbons (Fsp3) is 0.667. The van der Waals surface area contributed by atoms with E-state index in [1.807, 2.05) is 0 Å². The van der Waals surface area contributed by atoms with Crippen molar-refractivity contribution in [2.45, 2.75) is 36.9 Å². The normalized spacial score (nSPS) is 17.4. The molecule has 0 bridgehead atoms. The van der Waals surface area contributed by atoms with E-state index in [4.69, 9.17) is 5.14 Å². The van der Waals surface area contributed by atoms with Gasteiger partial charge >= 0.3 is 0 Å². The summed E-state index contributed by atoms with van der Waals surface area (Å²) in [4.78, 5) is 0. The molecule has 0 radical (unpaired) electrons. The zero-order chi connectivity index (χ0) is 11.8. The number of primary sulfonamides is 1. The molecule has 1 heterocycles. The lowest BCUT2D eigenvalue weighted by Crippen LogP contribution is -2.35. The summed E-state index contributed by atoms with van der Waals surface area (Å²) in [6.45, 7) is 0.504. The molecule has 7 heteroatoms. The van der Waals surface area contributed by atoms with Crippen molar-refractivity contribution in [2.75, 3.05) is 0 Å². The molecule has 0 aromatic carbocycles. The maximum atomic E-state index is 11.4. The van der Waals surface area contributed by atoms with Gasteiger partial charge in [0, 0.05) is 25.2 Å². The van der Waals surface area contributed by atoms with Crippen molar-refractivity contribution in [3.05, 3.63) is 11.8 Å². The lowest BCUT2D eigenvalue weighted by molar-refractivity contribution is 0.337. The van der Waals surface area contributed by atoms with Crippen molar-refractivity contribution in [1.82, 2.24) is 15.1 Å². The predicted octanol–water partition coefficient (Wildman–Crippen LogP) is -0.290. The molecule has 6 nitrogen and oxygen atoms in total. The summed E-state index contributed by atoms with van der Waals surface area (Å²) in [5.41, 5.74) is 0.636. The number of sulfonamides is 1. The summed E-state index contributed by atoms with van der Waals surface area (Å²) in [5.74, 6) is 0. The Hall–Kier alpha value is -0.920.